The Balaban J connectivity index is 2.76. The number of aliphatic hydroxyl groups is 2. The lowest BCUT2D eigenvalue weighted by molar-refractivity contribution is 0.163. The van der Waals surface area contributed by atoms with Crippen LogP contribution in [-0.4, -0.2) is 48.5 Å². The fraction of sp³-hybridized carbons (Fsp3) is 0.529. The number of hydrogen-bond donors (Lipinski definition) is 2. The third-order valence-electron chi connectivity index (χ3n) is 3.10. The van der Waals surface area contributed by atoms with Crippen LogP contribution in [-0.2, 0) is 6.54 Å². The highest BCUT2D eigenvalue weighted by Crippen LogP contribution is 2.19. The van der Waals surface area contributed by atoms with Gasteiger partial charge in [0.15, 0.2) is 0 Å². The van der Waals surface area contributed by atoms with Crippen molar-refractivity contribution in [1.29, 1.82) is 0 Å². The Bertz CT molecular complexity index is 489. The molecule has 0 spiro atoms. The minimum Gasteiger partial charge on any atom is -0.495 e. The predicted molar refractivity (Wildman–Crippen MR) is 84.2 cm³/mol. The van der Waals surface area contributed by atoms with E-state index in [0.29, 0.717) is 6.42 Å². The first kappa shape index (κ1) is 17.5. The van der Waals surface area contributed by atoms with Crippen molar-refractivity contribution >= 4 is 0 Å². The largest absolute Gasteiger partial charge is 0.495 e. The maximum Gasteiger partial charge on any atom is 0.134 e. The van der Waals surface area contributed by atoms with Crippen LogP contribution in [0.25, 0.3) is 0 Å². The zero-order chi connectivity index (χ0) is 15.7. The molecular weight excluding hydrogens is 266 g/mol. The van der Waals surface area contributed by atoms with Crippen LogP contribution in [0.1, 0.15) is 30.9 Å². The zero-order valence-corrected chi connectivity index (χ0v) is 13.1. The number of ether oxygens (including phenoxy) is 1. The Labute approximate surface area is 127 Å². The van der Waals surface area contributed by atoms with Crippen LogP contribution in [0.15, 0.2) is 18.2 Å². The summed E-state index contributed by atoms with van der Waals surface area (Å²) in [7, 11) is 3.66. The van der Waals surface area contributed by atoms with Crippen molar-refractivity contribution in [1.82, 2.24) is 4.90 Å². The van der Waals surface area contributed by atoms with Gasteiger partial charge in [-0.1, -0.05) is 17.9 Å². The van der Waals surface area contributed by atoms with Crippen molar-refractivity contribution in [3.05, 3.63) is 29.3 Å². The highest BCUT2D eigenvalue weighted by Gasteiger charge is 2.06. The van der Waals surface area contributed by atoms with Crippen molar-refractivity contribution in [3.63, 3.8) is 0 Å². The van der Waals surface area contributed by atoms with Gasteiger partial charge in [-0.25, -0.2) is 0 Å². The first-order valence-corrected chi connectivity index (χ1v) is 7.20. The number of aliphatic hydroxyl groups excluding tert-OH is 2. The van der Waals surface area contributed by atoms with Crippen LogP contribution in [0.3, 0.4) is 0 Å². The maximum absolute atomic E-state index is 9.32. The van der Waals surface area contributed by atoms with Crippen LogP contribution in [0.2, 0.25) is 0 Å². The molecule has 0 fully saturated rings. The van der Waals surface area contributed by atoms with Gasteiger partial charge in [0.1, 0.15) is 5.75 Å². The van der Waals surface area contributed by atoms with E-state index in [0.717, 1.165) is 36.4 Å². The molecule has 0 radical (unpaired) electrons. The molecule has 0 aromatic heterocycles. The highest BCUT2D eigenvalue weighted by atomic mass is 16.5. The molecule has 1 atom stereocenters. The average Bonchev–Trinajstić information content (AvgIpc) is 2.46. The Morgan fingerprint density at radius 2 is 2.14 bits per heavy atom. The molecule has 1 rings (SSSR count). The Morgan fingerprint density at radius 3 is 2.76 bits per heavy atom. The Hall–Kier alpha value is -1.54. The lowest BCUT2D eigenvalue weighted by atomic mass is 10.1. The van der Waals surface area contributed by atoms with Gasteiger partial charge in [-0.3, -0.25) is 0 Å². The highest BCUT2D eigenvalue weighted by molar-refractivity contribution is 5.48. The lowest BCUT2D eigenvalue weighted by Gasteiger charge is -2.18. The Kier molecular flexibility index (Phi) is 7.84. The van der Waals surface area contributed by atoms with Crippen molar-refractivity contribution in [2.75, 3.05) is 27.3 Å². The molecule has 0 aliphatic carbocycles. The zero-order valence-electron chi connectivity index (χ0n) is 13.1. The summed E-state index contributed by atoms with van der Waals surface area (Å²) >= 11 is 0. The lowest BCUT2D eigenvalue weighted by Crippen LogP contribution is -2.22. The molecule has 0 heterocycles. The fourth-order valence-electron chi connectivity index (χ4n) is 1.96. The van der Waals surface area contributed by atoms with Gasteiger partial charge < -0.3 is 19.8 Å². The molecule has 1 unspecified atom stereocenters. The summed E-state index contributed by atoms with van der Waals surface area (Å²) in [6.45, 7) is 3.51. The van der Waals surface area contributed by atoms with E-state index in [2.05, 4.69) is 16.7 Å². The number of rotatable bonds is 7. The van der Waals surface area contributed by atoms with E-state index in [-0.39, 0.29) is 12.7 Å². The number of hydrogen-bond acceptors (Lipinski definition) is 4. The van der Waals surface area contributed by atoms with E-state index >= 15 is 0 Å². The van der Waals surface area contributed by atoms with Gasteiger partial charge in [-0.15, -0.1) is 0 Å². The first-order valence-electron chi connectivity index (χ1n) is 7.20. The molecule has 0 saturated carbocycles. The summed E-state index contributed by atoms with van der Waals surface area (Å²) in [5.74, 6) is 6.70. The smallest absolute Gasteiger partial charge is 0.134 e. The van der Waals surface area contributed by atoms with E-state index < -0.39 is 0 Å². The van der Waals surface area contributed by atoms with E-state index in [1.807, 2.05) is 25.2 Å². The molecule has 4 heteroatoms. The third kappa shape index (κ3) is 6.63. The molecule has 1 aromatic carbocycles. The third-order valence-corrected chi connectivity index (χ3v) is 3.10. The molecule has 2 N–H and O–H groups in total. The summed E-state index contributed by atoms with van der Waals surface area (Å²) in [6, 6.07) is 5.96. The number of nitrogens with zero attached hydrogens (tertiary/aromatic N) is 1. The molecule has 0 saturated heterocycles. The second-order valence-electron chi connectivity index (χ2n) is 5.19. The second-order valence-corrected chi connectivity index (χ2v) is 5.19. The maximum atomic E-state index is 9.32. The van der Waals surface area contributed by atoms with Crippen LogP contribution in [0.4, 0.5) is 0 Å². The Morgan fingerprint density at radius 1 is 1.38 bits per heavy atom. The monoisotopic (exact) mass is 291 g/mol. The minimum absolute atomic E-state index is 0.0666. The van der Waals surface area contributed by atoms with Gasteiger partial charge in [0, 0.05) is 19.5 Å². The van der Waals surface area contributed by atoms with Crippen molar-refractivity contribution in [2.45, 2.75) is 32.4 Å². The SMILES string of the molecule is COc1ccc(CN(C)CCC(C)O)cc1C#CCCO. The van der Waals surface area contributed by atoms with Crippen LogP contribution in [0.5, 0.6) is 5.75 Å². The van der Waals surface area contributed by atoms with Gasteiger partial charge in [-0.2, -0.15) is 0 Å². The predicted octanol–water partition coefficient (Wildman–Crippen LogP) is 1.63. The van der Waals surface area contributed by atoms with E-state index in [1.54, 1.807) is 14.0 Å². The first-order chi connectivity index (χ1) is 10.1. The van der Waals surface area contributed by atoms with Gasteiger partial charge in [0.2, 0.25) is 0 Å². The fourth-order valence-corrected chi connectivity index (χ4v) is 1.96. The quantitative estimate of drug-likeness (QED) is 0.750. The average molecular weight is 291 g/mol. The van der Waals surface area contributed by atoms with Crippen molar-refractivity contribution in [2.24, 2.45) is 0 Å². The topological polar surface area (TPSA) is 52.9 Å². The van der Waals surface area contributed by atoms with Crippen LogP contribution in [0, 0.1) is 11.8 Å². The molecule has 21 heavy (non-hydrogen) atoms. The summed E-state index contributed by atoms with van der Waals surface area (Å²) < 4.78 is 5.30. The summed E-state index contributed by atoms with van der Waals surface area (Å²) in [5.41, 5.74) is 1.99. The summed E-state index contributed by atoms with van der Waals surface area (Å²) in [5, 5.41) is 18.1. The van der Waals surface area contributed by atoms with Crippen molar-refractivity contribution < 1.29 is 14.9 Å². The van der Waals surface area contributed by atoms with E-state index in [9.17, 15) is 5.11 Å². The normalized spacial score (nSPS) is 11.9. The molecule has 0 bridgehead atoms. The van der Waals surface area contributed by atoms with E-state index in [1.165, 1.54) is 0 Å². The number of methoxy groups -OCH3 is 1. The minimum atomic E-state index is -0.275. The molecule has 0 aliphatic heterocycles. The summed E-state index contributed by atoms with van der Waals surface area (Å²) in [4.78, 5) is 2.17. The number of benzene rings is 1. The van der Waals surface area contributed by atoms with Gasteiger partial charge in [0.25, 0.3) is 0 Å². The second kappa shape index (κ2) is 9.41. The van der Waals surface area contributed by atoms with Crippen LogP contribution >= 0.6 is 0 Å². The van der Waals surface area contributed by atoms with Gasteiger partial charge in [-0.05, 0) is 38.1 Å². The van der Waals surface area contributed by atoms with Crippen LogP contribution < -0.4 is 4.74 Å². The van der Waals surface area contributed by atoms with Crippen molar-refractivity contribution in [3.8, 4) is 17.6 Å². The van der Waals surface area contributed by atoms with Gasteiger partial charge in [0.05, 0.1) is 25.4 Å². The van der Waals surface area contributed by atoms with Gasteiger partial charge >= 0.3 is 0 Å². The molecule has 4 nitrogen and oxygen atoms in total. The summed E-state index contributed by atoms with van der Waals surface area (Å²) in [6.07, 6.45) is 0.945. The van der Waals surface area contributed by atoms with E-state index in [4.69, 9.17) is 9.84 Å². The molecule has 0 amide bonds. The standard InChI is InChI=1S/C17H25NO3/c1-14(20)9-10-18(2)13-15-7-8-17(21-3)16(12-15)6-4-5-11-19/h7-8,12,14,19-20H,5,9-11,13H2,1-3H3. The molecule has 1 aromatic rings. The molecular formula is C17H25NO3. The molecule has 116 valence electrons. The molecule has 0 aliphatic rings.